The maximum atomic E-state index is 13.7. The lowest BCUT2D eigenvalue weighted by atomic mass is 10.1. The monoisotopic (exact) mass is 283 g/mol. The van der Waals surface area contributed by atoms with Gasteiger partial charge in [0, 0.05) is 29.7 Å². The van der Waals surface area contributed by atoms with Crippen molar-refractivity contribution in [2.24, 2.45) is 0 Å². The van der Waals surface area contributed by atoms with E-state index in [0.29, 0.717) is 0 Å². The fraction of sp³-hybridized carbons (Fsp3) is 0.125. The molecule has 21 heavy (non-hydrogen) atoms. The van der Waals surface area contributed by atoms with Crippen LogP contribution in [0.15, 0.2) is 61.1 Å². The summed E-state index contributed by atoms with van der Waals surface area (Å²) in [5.74, 6) is -0.414. The molecule has 0 bridgehead atoms. The molecule has 1 aromatic carbocycles. The molecule has 3 rings (SSSR count). The van der Waals surface area contributed by atoms with Gasteiger partial charge in [-0.15, -0.1) is 0 Å². The van der Waals surface area contributed by atoms with Crippen LogP contribution in [-0.4, -0.2) is 19.9 Å². The van der Waals surface area contributed by atoms with Gasteiger partial charge in [-0.1, -0.05) is 18.2 Å². The summed E-state index contributed by atoms with van der Waals surface area (Å²) in [4.78, 5) is 3.98. The Bertz CT molecular complexity index is 727. The standard InChI is InChI=1S/C16H14FN3O/c17-14-4-2-1-3-13(14)16(21)11-20-15(7-10-19-20)12-5-8-18-9-6-12/h1-10,16,21H,11H2. The summed E-state index contributed by atoms with van der Waals surface area (Å²) in [6, 6.07) is 11.8. The van der Waals surface area contributed by atoms with Gasteiger partial charge >= 0.3 is 0 Å². The fourth-order valence-corrected chi connectivity index (χ4v) is 2.25. The number of aliphatic hydroxyl groups is 1. The molecule has 0 amide bonds. The van der Waals surface area contributed by atoms with E-state index < -0.39 is 11.9 Å². The predicted octanol–water partition coefficient (Wildman–Crippen LogP) is 2.82. The highest BCUT2D eigenvalue weighted by Crippen LogP contribution is 2.22. The molecule has 0 aliphatic heterocycles. The highest BCUT2D eigenvalue weighted by Gasteiger charge is 2.15. The zero-order chi connectivity index (χ0) is 14.7. The predicted molar refractivity (Wildman–Crippen MR) is 76.8 cm³/mol. The third-order valence-electron chi connectivity index (χ3n) is 3.30. The summed E-state index contributed by atoms with van der Waals surface area (Å²) in [6.07, 6.45) is 4.09. The zero-order valence-corrected chi connectivity index (χ0v) is 11.2. The van der Waals surface area contributed by atoms with Gasteiger partial charge in [0.25, 0.3) is 0 Å². The van der Waals surface area contributed by atoms with Crippen LogP contribution in [0.1, 0.15) is 11.7 Å². The summed E-state index contributed by atoms with van der Waals surface area (Å²) < 4.78 is 15.4. The molecule has 0 radical (unpaired) electrons. The molecule has 0 fully saturated rings. The average molecular weight is 283 g/mol. The minimum atomic E-state index is -0.952. The zero-order valence-electron chi connectivity index (χ0n) is 11.2. The van der Waals surface area contributed by atoms with E-state index in [4.69, 9.17) is 0 Å². The molecule has 0 aliphatic carbocycles. The third-order valence-corrected chi connectivity index (χ3v) is 3.30. The van der Waals surface area contributed by atoms with Gasteiger partial charge in [0.05, 0.1) is 12.2 Å². The van der Waals surface area contributed by atoms with E-state index in [1.165, 1.54) is 6.07 Å². The molecule has 1 atom stereocenters. The maximum absolute atomic E-state index is 13.7. The van der Waals surface area contributed by atoms with Gasteiger partial charge in [-0.2, -0.15) is 5.10 Å². The average Bonchev–Trinajstić information content (AvgIpc) is 2.96. The van der Waals surface area contributed by atoms with Crippen LogP contribution in [0.2, 0.25) is 0 Å². The van der Waals surface area contributed by atoms with Crippen LogP contribution in [0.4, 0.5) is 4.39 Å². The molecule has 106 valence electrons. The summed E-state index contributed by atoms with van der Waals surface area (Å²) in [5.41, 5.74) is 2.07. The highest BCUT2D eigenvalue weighted by molar-refractivity contribution is 5.58. The van der Waals surface area contributed by atoms with Crippen molar-refractivity contribution in [3.05, 3.63) is 72.4 Å². The van der Waals surface area contributed by atoms with Crippen molar-refractivity contribution in [1.29, 1.82) is 0 Å². The Balaban J connectivity index is 1.87. The lowest BCUT2D eigenvalue weighted by Gasteiger charge is -2.14. The quantitative estimate of drug-likeness (QED) is 0.801. The second kappa shape index (κ2) is 5.85. The van der Waals surface area contributed by atoms with Crippen LogP contribution < -0.4 is 0 Å². The molecule has 5 heteroatoms. The van der Waals surface area contributed by atoms with Gasteiger partial charge in [0.15, 0.2) is 0 Å². The van der Waals surface area contributed by atoms with E-state index in [9.17, 15) is 9.50 Å². The minimum absolute atomic E-state index is 0.186. The van der Waals surface area contributed by atoms with Crippen LogP contribution in [0.5, 0.6) is 0 Å². The second-order valence-electron chi connectivity index (χ2n) is 4.67. The lowest BCUT2D eigenvalue weighted by Crippen LogP contribution is -2.12. The number of rotatable bonds is 4. The number of halogens is 1. The van der Waals surface area contributed by atoms with Crippen molar-refractivity contribution in [3.8, 4) is 11.3 Å². The fourth-order valence-electron chi connectivity index (χ4n) is 2.25. The Kier molecular flexibility index (Phi) is 3.75. The van der Waals surface area contributed by atoms with Crippen molar-refractivity contribution in [2.75, 3.05) is 0 Å². The van der Waals surface area contributed by atoms with E-state index in [-0.39, 0.29) is 12.1 Å². The molecule has 4 nitrogen and oxygen atoms in total. The largest absolute Gasteiger partial charge is 0.386 e. The first-order chi connectivity index (χ1) is 10.3. The van der Waals surface area contributed by atoms with Crippen molar-refractivity contribution in [3.63, 3.8) is 0 Å². The van der Waals surface area contributed by atoms with Gasteiger partial charge in [-0.3, -0.25) is 9.67 Å². The van der Waals surface area contributed by atoms with Gasteiger partial charge in [0.2, 0.25) is 0 Å². The Hall–Kier alpha value is -2.53. The Morgan fingerprint density at radius 1 is 1.05 bits per heavy atom. The maximum Gasteiger partial charge on any atom is 0.129 e. The Labute approximate surface area is 121 Å². The molecule has 0 saturated heterocycles. The third kappa shape index (κ3) is 2.83. The van der Waals surface area contributed by atoms with Crippen molar-refractivity contribution in [2.45, 2.75) is 12.6 Å². The Morgan fingerprint density at radius 2 is 1.81 bits per heavy atom. The summed E-state index contributed by atoms with van der Waals surface area (Å²) in [6.45, 7) is 0.186. The van der Waals surface area contributed by atoms with Crippen LogP contribution >= 0.6 is 0 Å². The number of aromatic nitrogens is 3. The molecule has 1 unspecified atom stereocenters. The number of aliphatic hydroxyl groups excluding tert-OH is 1. The molecule has 0 aliphatic rings. The molecule has 0 spiro atoms. The summed E-state index contributed by atoms with van der Waals surface area (Å²) in [5, 5.41) is 14.4. The van der Waals surface area contributed by atoms with Crippen molar-refractivity contribution >= 4 is 0 Å². The number of pyridine rings is 1. The van der Waals surface area contributed by atoms with E-state index >= 15 is 0 Å². The SMILES string of the molecule is OC(Cn1nccc1-c1ccncc1)c1ccccc1F. The van der Waals surface area contributed by atoms with Crippen LogP contribution in [0, 0.1) is 5.82 Å². The topological polar surface area (TPSA) is 50.9 Å². The first-order valence-corrected chi connectivity index (χ1v) is 6.60. The van der Waals surface area contributed by atoms with Gasteiger partial charge in [-0.05, 0) is 24.3 Å². The highest BCUT2D eigenvalue weighted by atomic mass is 19.1. The first kappa shape index (κ1) is 13.5. The number of nitrogens with zero attached hydrogens (tertiary/aromatic N) is 3. The van der Waals surface area contributed by atoms with E-state index in [1.807, 2.05) is 18.2 Å². The van der Waals surface area contributed by atoms with Crippen LogP contribution in [0.3, 0.4) is 0 Å². The number of benzene rings is 1. The first-order valence-electron chi connectivity index (χ1n) is 6.60. The molecule has 3 aromatic rings. The lowest BCUT2D eigenvalue weighted by molar-refractivity contribution is 0.148. The molecule has 1 N–H and O–H groups in total. The van der Waals surface area contributed by atoms with E-state index in [1.54, 1.807) is 41.5 Å². The van der Waals surface area contributed by atoms with Gasteiger partial charge < -0.3 is 5.11 Å². The van der Waals surface area contributed by atoms with Crippen LogP contribution in [0.25, 0.3) is 11.3 Å². The van der Waals surface area contributed by atoms with Gasteiger partial charge in [-0.25, -0.2) is 4.39 Å². The number of hydrogen-bond acceptors (Lipinski definition) is 3. The van der Waals surface area contributed by atoms with Crippen molar-refractivity contribution in [1.82, 2.24) is 14.8 Å². The smallest absolute Gasteiger partial charge is 0.129 e. The van der Waals surface area contributed by atoms with E-state index in [2.05, 4.69) is 10.1 Å². The molecule has 2 aromatic heterocycles. The summed E-state index contributed by atoms with van der Waals surface area (Å²) >= 11 is 0. The van der Waals surface area contributed by atoms with Crippen molar-refractivity contribution < 1.29 is 9.50 Å². The molecular formula is C16H14FN3O. The Morgan fingerprint density at radius 3 is 2.57 bits per heavy atom. The normalized spacial score (nSPS) is 12.3. The van der Waals surface area contributed by atoms with Crippen LogP contribution in [-0.2, 0) is 6.54 Å². The number of hydrogen-bond donors (Lipinski definition) is 1. The molecule has 2 heterocycles. The molecular weight excluding hydrogens is 269 g/mol. The summed E-state index contributed by atoms with van der Waals surface area (Å²) in [7, 11) is 0. The second-order valence-corrected chi connectivity index (χ2v) is 4.67. The van der Waals surface area contributed by atoms with E-state index in [0.717, 1.165) is 11.3 Å². The molecule has 0 saturated carbocycles. The minimum Gasteiger partial charge on any atom is -0.386 e. The van der Waals surface area contributed by atoms with Gasteiger partial charge in [0.1, 0.15) is 11.9 Å².